The van der Waals surface area contributed by atoms with E-state index in [2.05, 4.69) is 39.2 Å². The van der Waals surface area contributed by atoms with E-state index in [-0.39, 0.29) is 5.91 Å². The van der Waals surface area contributed by atoms with E-state index >= 15 is 0 Å². The fourth-order valence-corrected chi connectivity index (χ4v) is 4.15. The van der Waals surface area contributed by atoms with Crippen molar-refractivity contribution in [2.45, 2.75) is 26.7 Å². The van der Waals surface area contributed by atoms with Crippen molar-refractivity contribution in [2.24, 2.45) is 0 Å². The highest BCUT2D eigenvalue weighted by Crippen LogP contribution is 2.30. The van der Waals surface area contributed by atoms with Gasteiger partial charge in [-0.1, -0.05) is 42.0 Å². The van der Waals surface area contributed by atoms with Crippen LogP contribution in [0.25, 0.3) is 10.2 Å². The predicted molar refractivity (Wildman–Crippen MR) is 114 cm³/mol. The van der Waals surface area contributed by atoms with Crippen LogP contribution >= 0.6 is 11.3 Å². The van der Waals surface area contributed by atoms with Gasteiger partial charge in [-0.05, 0) is 43.2 Å². The summed E-state index contributed by atoms with van der Waals surface area (Å²) in [7, 11) is 4.27. The summed E-state index contributed by atoms with van der Waals surface area (Å²) in [5.74, 6) is 0.0298. The molecule has 3 aromatic rings. The second-order valence-corrected chi connectivity index (χ2v) is 8.30. The van der Waals surface area contributed by atoms with Gasteiger partial charge in [-0.2, -0.15) is 0 Å². The third-order valence-corrected chi connectivity index (χ3v) is 5.69. The summed E-state index contributed by atoms with van der Waals surface area (Å²) in [6.07, 6.45) is 1.94. The van der Waals surface area contributed by atoms with E-state index in [1.807, 2.05) is 36.1 Å². The van der Waals surface area contributed by atoms with E-state index in [1.54, 1.807) is 11.3 Å². The van der Waals surface area contributed by atoms with Crippen LogP contribution < -0.4 is 9.80 Å². The van der Waals surface area contributed by atoms with Gasteiger partial charge in [0, 0.05) is 18.5 Å². The molecule has 2 aromatic carbocycles. The van der Waals surface area contributed by atoms with Crippen molar-refractivity contribution in [1.29, 1.82) is 0 Å². The molecule has 0 radical (unpaired) electrons. The van der Waals surface area contributed by atoms with Gasteiger partial charge in [-0.3, -0.25) is 9.69 Å². The molecule has 1 amide bonds. The number of thiazole rings is 1. The van der Waals surface area contributed by atoms with Crippen molar-refractivity contribution in [3.8, 4) is 0 Å². The Morgan fingerprint density at radius 3 is 2.70 bits per heavy atom. The van der Waals surface area contributed by atoms with Gasteiger partial charge < -0.3 is 4.90 Å². The number of benzene rings is 2. The molecule has 1 N–H and O–H groups in total. The van der Waals surface area contributed by atoms with Gasteiger partial charge in [0.1, 0.15) is 0 Å². The van der Waals surface area contributed by atoms with E-state index in [4.69, 9.17) is 4.98 Å². The minimum absolute atomic E-state index is 0.0298. The average Bonchev–Trinajstić information content (AvgIpc) is 3.07. The molecule has 0 saturated heterocycles. The van der Waals surface area contributed by atoms with Crippen molar-refractivity contribution in [3.63, 3.8) is 0 Å². The van der Waals surface area contributed by atoms with E-state index in [0.29, 0.717) is 6.54 Å². The number of carbonyl (C=O) groups is 1. The number of hydrogen-bond donors (Lipinski definition) is 1. The number of anilines is 1. The van der Waals surface area contributed by atoms with E-state index in [0.717, 1.165) is 45.9 Å². The Morgan fingerprint density at radius 1 is 1.19 bits per heavy atom. The molecule has 1 aromatic heterocycles. The quantitative estimate of drug-likeness (QED) is 0.680. The first-order valence-corrected chi connectivity index (χ1v) is 10.4. The van der Waals surface area contributed by atoms with Gasteiger partial charge in [-0.15, -0.1) is 0 Å². The summed E-state index contributed by atoms with van der Waals surface area (Å²) < 4.78 is 1.14. The standard InChI is InChI=1S/C22H27N3OS/c1-5-17-10-11-19-20(15-17)27-22(23-19)25(13-7-12-24(3)4)21(26)18-9-6-8-16(2)14-18/h6,8-11,14-15H,5,7,12-13H2,1-4H3/p+1. The number of rotatable bonds is 7. The van der Waals surface area contributed by atoms with Crippen molar-refractivity contribution >= 4 is 32.6 Å². The summed E-state index contributed by atoms with van der Waals surface area (Å²) in [6.45, 7) is 5.86. The zero-order valence-corrected chi connectivity index (χ0v) is 17.4. The number of fused-ring (bicyclic) bond motifs is 1. The minimum Gasteiger partial charge on any atom is -0.340 e. The molecular weight excluding hydrogens is 354 g/mol. The molecule has 0 aliphatic heterocycles. The number of quaternary nitrogens is 1. The fraction of sp³-hybridized carbons (Fsp3) is 0.364. The summed E-state index contributed by atoms with van der Waals surface area (Å²) in [6, 6.07) is 14.2. The van der Waals surface area contributed by atoms with Gasteiger partial charge >= 0.3 is 0 Å². The second-order valence-electron chi connectivity index (χ2n) is 7.29. The van der Waals surface area contributed by atoms with Crippen LogP contribution in [0.1, 0.15) is 34.8 Å². The highest BCUT2D eigenvalue weighted by atomic mass is 32.1. The third kappa shape index (κ3) is 4.73. The highest BCUT2D eigenvalue weighted by molar-refractivity contribution is 7.22. The number of nitrogens with one attached hydrogen (secondary N) is 1. The van der Waals surface area contributed by atoms with Crippen LogP contribution in [-0.4, -0.2) is 38.1 Å². The van der Waals surface area contributed by atoms with Gasteiger partial charge in [0.25, 0.3) is 5.91 Å². The van der Waals surface area contributed by atoms with Crippen molar-refractivity contribution in [1.82, 2.24) is 4.98 Å². The van der Waals surface area contributed by atoms with Crippen molar-refractivity contribution in [3.05, 3.63) is 59.2 Å². The first-order valence-electron chi connectivity index (χ1n) is 9.55. The molecule has 0 bridgehead atoms. The van der Waals surface area contributed by atoms with E-state index in [1.165, 1.54) is 10.5 Å². The molecule has 0 spiro atoms. The summed E-state index contributed by atoms with van der Waals surface area (Å²) in [5.41, 5.74) is 4.08. The molecule has 0 aliphatic carbocycles. The molecule has 4 nitrogen and oxygen atoms in total. The van der Waals surface area contributed by atoms with Crippen molar-refractivity contribution < 1.29 is 9.69 Å². The van der Waals surface area contributed by atoms with Crippen LogP contribution in [0.3, 0.4) is 0 Å². The SMILES string of the molecule is CCc1ccc2nc(N(CCC[NH+](C)C)C(=O)c3cccc(C)c3)sc2c1. The number of nitrogens with zero attached hydrogens (tertiary/aromatic N) is 2. The Hall–Kier alpha value is -2.24. The van der Waals surface area contributed by atoms with Gasteiger partial charge in [0.2, 0.25) is 0 Å². The summed E-state index contributed by atoms with van der Waals surface area (Å²) in [5, 5.41) is 0.790. The topological polar surface area (TPSA) is 37.6 Å². The summed E-state index contributed by atoms with van der Waals surface area (Å²) in [4.78, 5) is 21.3. The zero-order valence-electron chi connectivity index (χ0n) is 16.6. The lowest BCUT2D eigenvalue weighted by molar-refractivity contribution is -0.858. The number of carbonyl (C=O) groups excluding carboxylic acids is 1. The number of aromatic nitrogens is 1. The lowest BCUT2D eigenvalue weighted by atomic mass is 10.1. The van der Waals surface area contributed by atoms with Crippen molar-refractivity contribution in [2.75, 3.05) is 32.1 Å². The monoisotopic (exact) mass is 382 g/mol. The molecule has 0 unspecified atom stereocenters. The highest BCUT2D eigenvalue weighted by Gasteiger charge is 2.21. The van der Waals surface area contributed by atoms with Crippen LogP contribution in [0.2, 0.25) is 0 Å². The number of aryl methyl sites for hydroxylation is 2. The molecule has 0 fully saturated rings. The van der Waals surface area contributed by atoms with Gasteiger partial charge in [0.15, 0.2) is 5.13 Å². The lowest BCUT2D eigenvalue weighted by Gasteiger charge is -2.20. The molecule has 0 atom stereocenters. The zero-order chi connectivity index (χ0) is 19.4. The Kier molecular flexibility index (Phi) is 6.24. The minimum atomic E-state index is 0.0298. The normalized spacial score (nSPS) is 11.3. The maximum atomic E-state index is 13.3. The predicted octanol–water partition coefficient (Wildman–Crippen LogP) is 3.35. The Morgan fingerprint density at radius 2 is 2.00 bits per heavy atom. The fourth-order valence-electron chi connectivity index (χ4n) is 3.10. The molecule has 5 heteroatoms. The maximum Gasteiger partial charge on any atom is 0.260 e. The summed E-state index contributed by atoms with van der Waals surface area (Å²) >= 11 is 1.61. The second kappa shape index (κ2) is 8.63. The van der Waals surface area contributed by atoms with Crippen LogP contribution in [0.4, 0.5) is 5.13 Å². The van der Waals surface area contributed by atoms with Gasteiger partial charge in [-0.25, -0.2) is 4.98 Å². The Labute approximate surface area is 165 Å². The molecule has 1 heterocycles. The maximum absolute atomic E-state index is 13.3. The largest absolute Gasteiger partial charge is 0.340 e. The Bertz CT molecular complexity index is 932. The van der Waals surface area contributed by atoms with E-state index < -0.39 is 0 Å². The Balaban J connectivity index is 1.94. The molecule has 0 aliphatic rings. The van der Waals surface area contributed by atoms with Gasteiger partial charge in [0.05, 0.1) is 30.9 Å². The smallest absolute Gasteiger partial charge is 0.260 e. The average molecular weight is 383 g/mol. The van der Waals surface area contributed by atoms with Crippen LogP contribution in [0.5, 0.6) is 0 Å². The van der Waals surface area contributed by atoms with Crippen LogP contribution in [0, 0.1) is 6.92 Å². The first-order chi connectivity index (χ1) is 13.0. The third-order valence-electron chi connectivity index (χ3n) is 4.65. The van der Waals surface area contributed by atoms with Crippen LogP contribution in [-0.2, 0) is 6.42 Å². The molecule has 142 valence electrons. The molecule has 27 heavy (non-hydrogen) atoms. The molecular formula is C22H28N3OS+. The number of hydrogen-bond acceptors (Lipinski definition) is 3. The lowest BCUT2D eigenvalue weighted by Crippen LogP contribution is -3.05. The molecule has 3 rings (SSSR count). The van der Waals surface area contributed by atoms with E-state index in [9.17, 15) is 4.79 Å². The first kappa shape index (κ1) is 19.5. The number of amides is 1. The molecule has 0 saturated carbocycles. The van der Waals surface area contributed by atoms with Crippen LogP contribution in [0.15, 0.2) is 42.5 Å².